The highest BCUT2D eigenvalue weighted by atomic mass is 16.5. The Bertz CT molecular complexity index is 635. The van der Waals surface area contributed by atoms with Gasteiger partial charge in [0.25, 0.3) is 5.91 Å². The third kappa shape index (κ3) is 3.85. The molecule has 1 aromatic heterocycles. The van der Waals surface area contributed by atoms with Crippen LogP contribution in [0.5, 0.6) is 5.75 Å². The normalized spacial score (nSPS) is 10.0. The number of carbonyl (C=O) groups excluding carboxylic acids is 2. The molecular weight excluding hydrogens is 272 g/mol. The van der Waals surface area contributed by atoms with Crippen LogP contribution in [0.3, 0.4) is 0 Å². The van der Waals surface area contributed by atoms with Crippen LogP contribution < -0.4 is 15.6 Å². The molecule has 0 saturated carbocycles. The van der Waals surface area contributed by atoms with Crippen molar-refractivity contribution in [1.29, 1.82) is 0 Å². The highest BCUT2D eigenvalue weighted by Gasteiger charge is 2.10. The molecule has 0 saturated heterocycles. The predicted octanol–water partition coefficient (Wildman–Crippen LogP) is 1.74. The minimum atomic E-state index is -0.528. The molecule has 0 aliphatic carbocycles. The van der Waals surface area contributed by atoms with E-state index in [4.69, 9.17) is 9.15 Å². The van der Waals surface area contributed by atoms with Gasteiger partial charge in [0, 0.05) is 0 Å². The van der Waals surface area contributed by atoms with E-state index in [0.29, 0.717) is 5.75 Å². The van der Waals surface area contributed by atoms with Crippen molar-refractivity contribution < 1.29 is 18.7 Å². The van der Waals surface area contributed by atoms with Crippen molar-refractivity contribution in [1.82, 2.24) is 10.9 Å². The molecule has 6 nitrogen and oxygen atoms in total. The molecule has 0 unspecified atom stereocenters. The van der Waals surface area contributed by atoms with Crippen LogP contribution in [-0.4, -0.2) is 18.4 Å². The van der Waals surface area contributed by atoms with Crippen LogP contribution in [0.2, 0.25) is 0 Å². The molecule has 0 fully saturated rings. The fourth-order valence-corrected chi connectivity index (χ4v) is 1.66. The largest absolute Gasteiger partial charge is 0.483 e. The summed E-state index contributed by atoms with van der Waals surface area (Å²) in [5.74, 6) is -0.232. The standard InChI is InChI=1S/C15H16N2O4/c1-10-5-3-6-12(11(10)2)21-9-14(18)16-17-15(19)13-7-4-8-20-13/h3-8H,9H2,1-2H3,(H,16,18)(H,17,19). The van der Waals surface area contributed by atoms with Gasteiger partial charge in [-0.2, -0.15) is 0 Å². The summed E-state index contributed by atoms with van der Waals surface area (Å²) >= 11 is 0. The lowest BCUT2D eigenvalue weighted by Gasteiger charge is -2.11. The van der Waals surface area contributed by atoms with Gasteiger partial charge >= 0.3 is 5.91 Å². The third-order valence-electron chi connectivity index (χ3n) is 2.97. The van der Waals surface area contributed by atoms with Crippen molar-refractivity contribution in [2.75, 3.05) is 6.61 Å². The first-order chi connectivity index (χ1) is 10.1. The van der Waals surface area contributed by atoms with Gasteiger partial charge in [-0.05, 0) is 43.2 Å². The molecule has 0 atom stereocenters. The fraction of sp³-hybridized carbons (Fsp3) is 0.200. The number of benzene rings is 1. The maximum atomic E-state index is 11.6. The first-order valence-corrected chi connectivity index (χ1v) is 6.39. The van der Waals surface area contributed by atoms with E-state index < -0.39 is 11.8 Å². The summed E-state index contributed by atoms with van der Waals surface area (Å²) in [6.45, 7) is 3.69. The molecule has 0 bridgehead atoms. The van der Waals surface area contributed by atoms with Crippen molar-refractivity contribution in [3.05, 3.63) is 53.5 Å². The Kier molecular flexibility index (Phi) is 4.61. The smallest absolute Gasteiger partial charge is 0.305 e. The molecular formula is C15H16N2O4. The topological polar surface area (TPSA) is 80.6 Å². The Morgan fingerprint density at radius 2 is 1.95 bits per heavy atom. The minimum Gasteiger partial charge on any atom is -0.483 e. The van der Waals surface area contributed by atoms with E-state index in [9.17, 15) is 9.59 Å². The van der Waals surface area contributed by atoms with Crippen LogP contribution in [0, 0.1) is 13.8 Å². The molecule has 2 amide bonds. The highest BCUT2D eigenvalue weighted by molar-refractivity contribution is 5.92. The SMILES string of the molecule is Cc1cccc(OCC(=O)NNC(=O)c2ccco2)c1C. The van der Waals surface area contributed by atoms with Crippen molar-refractivity contribution in [3.63, 3.8) is 0 Å². The van der Waals surface area contributed by atoms with Gasteiger partial charge < -0.3 is 9.15 Å². The molecule has 2 rings (SSSR count). The summed E-state index contributed by atoms with van der Waals surface area (Å²) in [7, 11) is 0. The lowest BCUT2D eigenvalue weighted by molar-refractivity contribution is -0.123. The first kappa shape index (κ1) is 14.6. The Morgan fingerprint density at radius 1 is 1.14 bits per heavy atom. The van der Waals surface area contributed by atoms with Gasteiger partial charge in [-0.25, -0.2) is 0 Å². The van der Waals surface area contributed by atoms with Gasteiger partial charge in [-0.3, -0.25) is 20.4 Å². The average Bonchev–Trinajstić information content (AvgIpc) is 3.00. The van der Waals surface area contributed by atoms with Crippen LogP contribution in [0.25, 0.3) is 0 Å². The van der Waals surface area contributed by atoms with E-state index >= 15 is 0 Å². The third-order valence-corrected chi connectivity index (χ3v) is 2.97. The summed E-state index contributed by atoms with van der Waals surface area (Å²) in [5.41, 5.74) is 6.55. The number of hydrazine groups is 1. The van der Waals surface area contributed by atoms with Crippen LogP contribution in [-0.2, 0) is 4.79 Å². The molecule has 110 valence electrons. The van der Waals surface area contributed by atoms with Gasteiger partial charge in [0.05, 0.1) is 6.26 Å². The van der Waals surface area contributed by atoms with Gasteiger partial charge in [0.1, 0.15) is 5.75 Å². The maximum absolute atomic E-state index is 11.6. The molecule has 0 radical (unpaired) electrons. The number of amides is 2. The zero-order chi connectivity index (χ0) is 15.2. The highest BCUT2D eigenvalue weighted by Crippen LogP contribution is 2.20. The monoisotopic (exact) mass is 288 g/mol. The number of ether oxygens (including phenoxy) is 1. The van der Waals surface area contributed by atoms with Gasteiger partial charge in [0.2, 0.25) is 0 Å². The number of aryl methyl sites for hydroxylation is 1. The summed E-state index contributed by atoms with van der Waals surface area (Å²) in [4.78, 5) is 23.1. The summed E-state index contributed by atoms with van der Waals surface area (Å²) in [6.07, 6.45) is 1.38. The van der Waals surface area contributed by atoms with E-state index in [1.807, 2.05) is 26.0 Å². The first-order valence-electron chi connectivity index (χ1n) is 6.39. The van der Waals surface area contributed by atoms with Crippen LogP contribution in [0.1, 0.15) is 21.7 Å². The summed E-state index contributed by atoms with van der Waals surface area (Å²) in [6, 6.07) is 8.69. The van der Waals surface area contributed by atoms with Crippen molar-refractivity contribution in [2.24, 2.45) is 0 Å². The molecule has 1 heterocycles. The molecule has 2 N–H and O–H groups in total. The predicted molar refractivity (Wildman–Crippen MR) is 75.7 cm³/mol. The second kappa shape index (κ2) is 6.60. The Hall–Kier alpha value is -2.76. The Labute approximate surface area is 122 Å². The lowest BCUT2D eigenvalue weighted by Crippen LogP contribution is -2.43. The van der Waals surface area contributed by atoms with E-state index in [1.165, 1.54) is 12.3 Å². The molecule has 0 aliphatic rings. The molecule has 2 aromatic rings. The Morgan fingerprint density at radius 3 is 2.67 bits per heavy atom. The second-order valence-corrected chi connectivity index (χ2v) is 4.47. The molecule has 0 spiro atoms. The molecule has 21 heavy (non-hydrogen) atoms. The lowest BCUT2D eigenvalue weighted by atomic mass is 10.1. The van der Waals surface area contributed by atoms with Gasteiger partial charge in [0.15, 0.2) is 12.4 Å². The van der Waals surface area contributed by atoms with Gasteiger partial charge in [-0.15, -0.1) is 0 Å². The molecule has 1 aromatic carbocycles. The number of rotatable bonds is 4. The quantitative estimate of drug-likeness (QED) is 0.840. The average molecular weight is 288 g/mol. The van der Waals surface area contributed by atoms with Crippen LogP contribution in [0.15, 0.2) is 41.0 Å². The molecule has 6 heteroatoms. The number of nitrogens with one attached hydrogen (secondary N) is 2. The number of carbonyl (C=O) groups is 2. The zero-order valence-corrected chi connectivity index (χ0v) is 11.8. The number of hydrogen-bond acceptors (Lipinski definition) is 4. The minimum absolute atomic E-state index is 0.116. The van der Waals surface area contributed by atoms with E-state index in [2.05, 4.69) is 10.9 Å². The van der Waals surface area contributed by atoms with Crippen LogP contribution >= 0.6 is 0 Å². The van der Waals surface area contributed by atoms with Crippen molar-refractivity contribution in [2.45, 2.75) is 13.8 Å². The molecule has 0 aliphatic heterocycles. The second-order valence-electron chi connectivity index (χ2n) is 4.47. The van der Waals surface area contributed by atoms with Crippen molar-refractivity contribution in [3.8, 4) is 5.75 Å². The van der Waals surface area contributed by atoms with E-state index in [-0.39, 0.29) is 12.4 Å². The van der Waals surface area contributed by atoms with E-state index in [0.717, 1.165) is 11.1 Å². The number of furan rings is 1. The fourth-order valence-electron chi connectivity index (χ4n) is 1.66. The van der Waals surface area contributed by atoms with Crippen LogP contribution in [0.4, 0.5) is 0 Å². The van der Waals surface area contributed by atoms with E-state index in [1.54, 1.807) is 12.1 Å². The summed E-state index contributed by atoms with van der Waals surface area (Å²) in [5, 5.41) is 0. The van der Waals surface area contributed by atoms with Crippen molar-refractivity contribution >= 4 is 11.8 Å². The van der Waals surface area contributed by atoms with Gasteiger partial charge in [-0.1, -0.05) is 12.1 Å². The summed E-state index contributed by atoms with van der Waals surface area (Å²) < 4.78 is 10.3. The maximum Gasteiger partial charge on any atom is 0.305 e. The number of hydrogen-bond donors (Lipinski definition) is 2. The zero-order valence-electron chi connectivity index (χ0n) is 11.8. The Balaban J connectivity index is 1.80.